The number of hydrogen-bond acceptors (Lipinski definition) is 1. The minimum atomic E-state index is -0.309. The van der Waals surface area contributed by atoms with Crippen LogP contribution in [0.25, 0.3) is 11.1 Å². The van der Waals surface area contributed by atoms with Crippen molar-refractivity contribution in [2.75, 3.05) is 11.4 Å². The zero-order valence-corrected chi connectivity index (χ0v) is 13.5. The van der Waals surface area contributed by atoms with Crippen LogP contribution in [0.1, 0.15) is 11.1 Å². The van der Waals surface area contributed by atoms with Gasteiger partial charge in [-0.15, -0.1) is 0 Å². The minimum Gasteiger partial charge on any atom is -0.304 e. The number of carbonyl (C=O) groups excluding carboxylic acids is 1. The van der Waals surface area contributed by atoms with Crippen molar-refractivity contribution in [2.24, 2.45) is 0 Å². The molecule has 0 spiro atoms. The molecule has 0 atom stereocenters. The molecule has 0 aliphatic carbocycles. The molecule has 0 radical (unpaired) electrons. The van der Waals surface area contributed by atoms with Gasteiger partial charge >= 0.3 is 0 Å². The second-order valence-corrected chi connectivity index (χ2v) is 5.95. The number of amides is 1. The third kappa shape index (κ3) is 2.85. The maximum Gasteiger partial charge on any atom is 0.259 e. The molecule has 0 saturated heterocycles. The van der Waals surface area contributed by atoms with Crippen molar-refractivity contribution in [3.63, 3.8) is 0 Å². The number of para-hydroxylation sites is 1. The number of halogens is 1. The highest BCUT2D eigenvalue weighted by molar-refractivity contribution is 6.36. The lowest BCUT2D eigenvalue weighted by Crippen LogP contribution is -2.26. The van der Waals surface area contributed by atoms with Crippen molar-refractivity contribution in [1.29, 1.82) is 0 Å². The smallest absolute Gasteiger partial charge is 0.259 e. The molecule has 3 aromatic carbocycles. The first-order chi connectivity index (χ1) is 12.2. The van der Waals surface area contributed by atoms with E-state index in [0.29, 0.717) is 12.1 Å². The zero-order valence-electron chi connectivity index (χ0n) is 13.5. The van der Waals surface area contributed by atoms with E-state index in [4.69, 9.17) is 0 Å². The second-order valence-electron chi connectivity index (χ2n) is 5.95. The van der Waals surface area contributed by atoms with Crippen LogP contribution in [0.15, 0.2) is 84.9 Å². The molecule has 0 unspecified atom stereocenters. The molecule has 0 saturated carbocycles. The summed E-state index contributed by atoms with van der Waals surface area (Å²) in [5.41, 5.74) is 4.20. The van der Waals surface area contributed by atoms with Gasteiger partial charge in [-0.1, -0.05) is 60.7 Å². The summed E-state index contributed by atoms with van der Waals surface area (Å²) in [6.07, 6.45) is 0. The second kappa shape index (κ2) is 6.36. The number of benzene rings is 3. The van der Waals surface area contributed by atoms with Crippen LogP contribution in [0.2, 0.25) is 0 Å². The van der Waals surface area contributed by atoms with Gasteiger partial charge in [0.1, 0.15) is 5.82 Å². The highest BCUT2D eigenvalue weighted by atomic mass is 19.1. The van der Waals surface area contributed by atoms with Crippen LogP contribution in [0, 0.1) is 5.82 Å². The molecule has 1 amide bonds. The van der Waals surface area contributed by atoms with Crippen molar-refractivity contribution in [2.45, 2.75) is 0 Å². The van der Waals surface area contributed by atoms with Gasteiger partial charge in [-0.2, -0.15) is 0 Å². The van der Waals surface area contributed by atoms with Crippen LogP contribution in [-0.4, -0.2) is 12.5 Å². The van der Waals surface area contributed by atoms with E-state index in [9.17, 15) is 9.18 Å². The normalized spacial score (nSPS) is 14.3. The first-order valence-corrected chi connectivity index (χ1v) is 8.15. The molecule has 25 heavy (non-hydrogen) atoms. The van der Waals surface area contributed by atoms with Crippen LogP contribution in [0.5, 0.6) is 0 Å². The highest BCUT2D eigenvalue weighted by Gasteiger charge is 2.32. The van der Waals surface area contributed by atoms with Crippen molar-refractivity contribution < 1.29 is 9.18 Å². The van der Waals surface area contributed by atoms with E-state index in [1.165, 1.54) is 12.1 Å². The minimum absolute atomic E-state index is 0.0586. The predicted octanol–water partition coefficient (Wildman–Crippen LogP) is 4.78. The Hall–Kier alpha value is -3.20. The summed E-state index contributed by atoms with van der Waals surface area (Å²) in [7, 11) is 0. The largest absolute Gasteiger partial charge is 0.304 e. The Morgan fingerprint density at radius 3 is 1.96 bits per heavy atom. The zero-order chi connectivity index (χ0) is 17.2. The van der Waals surface area contributed by atoms with E-state index in [1.54, 1.807) is 17.0 Å². The van der Waals surface area contributed by atoms with Crippen LogP contribution in [0.4, 0.5) is 10.1 Å². The lowest BCUT2D eigenvalue weighted by molar-refractivity contribution is -0.112. The molecule has 0 bridgehead atoms. The van der Waals surface area contributed by atoms with E-state index in [1.807, 2.05) is 60.7 Å². The van der Waals surface area contributed by atoms with Crippen molar-refractivity contribution >= 4 is 22.7 Å². The van der Waals surface area contributed by atoms with E-state index in [2.05, 4.69) is 0 Å². The maximum atomic E-state index is 13.3. The van der Waals surface area contributed by atoms with Crippen LogP contribution in [0.3, 0.4) is 0 Å². The molecular weight excluding hydrogens is 313 g/mol. The van der Waals surface area contributed by atoms with E-state index < -0.39 is 0 Å². The summed E-state index contributed by atoms with van der Waals surface area (Å²) < 4.78 is 13.3. The molecule has 0 N–H and O–H groups in total. The first-order valence-electron chi connectivity index (χ1n) is 8.15. The molecule has 4 rings (SSSR count). The van der Waals surface area contributed by atoms with Crippen LogP contribution < -0.4 is 4.90 Å². The summed E-state index contributed by atoms with van der Waals surface area (Å²) >= 11 is 0. The molecule has 2 nitrogen and oxygen atoms in total. The number of hydrogen-bond donors (Lipinski definition) is 0. The number of anilines is 1. The standard InChI is InChI=1S/C22H16FNO/c23-18-13-11-17(12-14-18)21-20(16-7-3-1-4-8-16)15-24(22(21)25)19-9-5-2-6-10-19/h1-14H,15H2. The van der Waals surface area contributed by atoms with E-state index in [0.717, 1.165) is 22.4 Å². The van der Waals surface area contributed by atoms with Gasteiger partial charge in [0.25, 0.3) is 5.91 Å². The van der Waals surface area contributed by atoms with Crippen molar-refractivity contribution in [1.82, 2.24) is 0 Å². The Morgan fingerprint density at radius 2 is 1.32 bits per heavy atom. The average molecular weight is 329 g/mol. The first kappa shape index (κ1) is 15.3. The Morgan fingerprint density at radius 1 is 0.720 bits per heavy atom. The number of rotatable bonds is 3. The molecule has 1 heterocycles. The fourth-order valence-electron chi connectivity index (χ4n) is 3.18. The summed E-state index contributed by atoms with van der Waals surface area (Å²) in [4.78, 5) is 14.9. The topological polar surface area (TPSA) is 20.3 Å². The highest BCUT2D eigenvalue weighted by Crippen LogP contribution is 2.36. The van der Waals surface area contributed by atoms with Gasteiger partial charge in [-0.05, 0) is 41.0 Å². The quantitative estimate of drug-likeness (QED) is 0.677. The van der Waals surface area contributed by atoms with E-state index >= 15 is 0 Å². The SMILES string of the molecule is O=C1C(c2ccc(F)cc2)=C(c2ccccc2)CN1c1ccccc1. The molecule has 122 valence electrons. The third-order valence-corrected chi connectivity index (χ3v) is 4.40. The van der Waals surface area contributed by atoms with Gasteiger partial charge in [-0.25, -0.2) is 4.39 Å². The van der Waals surface area contributed by atoms with Gasteiger partial charge < -0.3 is 4.90 Å². The molecule has 3 aromatic rings. The molecule has 1 aliphatic heterocycles. The van der Waals surface area contributed by atoms with Crippen LogP contribution in [-0.2, 0) is 4.79 Å². The number of nitrogens with zero attached hydrogens (tertiary/aromatic N) is 1. The van der Waals surface area contributed by atoms with Gasteiger partial charge in [0.15, 0.2) is 0 Å². The molecular formula is C22H16FNO. The van der Waals surface area contributed by atoms with Gasteiger partial charge in [0, 0.05) is 5.69 Å². The van der Waals surface area contributed by atoms with Crippen LogP contribution >= 0.6 is 0 Å². The Labute approximate surface area is 145 Å². The molecule has 1 aliphatic rings. The molecule has 0 aromatic heterocycles. The number of carbonyl (C=O) groups is 1. The monoisotopic (exact) mass is 329 g/mol. The predicted molar refractivity (Wildman–Crippen MR) is 98.5 cm³/mol. The Bertz CT molecular complexity index is 931. The van der Waals surface area contributed by atoms with Gasteiger partial charge in [0.05, 0.1) is 12.1 Å². The third-order valence-electron chi connectivity index (χ3n) is 4.40. The fraction of sp³-hybridized carbons (Fsp3) is 0.0455. The summed E-state index contributed by atoms with van der Waals surface area (Å²) in [5.74, 6) is -0.368. The summed E-state index contributed by atoms with van der Waals surface area (Å²) in [5, 5.41) is 0. The van der Waals surface area contributed by atoms with Gasteiger partial charge in [0.2, 0.25) is 0 Å². The lowest BCUT2D eigenvalue weighted by Gasteiger charge is -2.17. The Kier molecular flexibility index (Phi) is 3.90. The van der Waals surface area contributed by atoms with Crippen molar-refractivity contribution in [3.05, 3.63) is 102 Å². The average Bonchev–Trinajstić information content (AvgIpc) is 3.01. The Balaban J connectivity index is 1.84. The summed E-state index contributed by atoms with van der Waals surface area (Å²) in [6.45, 7) is 0.500. The summed E-state index contributed by atoms with van der Waals surface area (Å²) in [6, 6.07) is 25.6. The van der Waals surface area contributed by atoms with Crippen molar-refractivity contribution in [3.8, 4) is 0 Å². The lowest BCUT2D eigenvalue weighted by atomic mass is 9.97. The molecule has 3 heteroatoms. The van der Waals surface area contributed by atoms with Gasteiger partial charge in [-0.3, -0.25) is 4.79 Å². The molecule has 0 fully saturated rings. The fourth-order valence-corrected chi connectivity index (χ4v) is 3.18. The maximum absolute atomic E-state index is 13.3. The van der Waals surface area contributed by atoms with E-state index in [-0.39, 0.29) is 11.7 Å².